The average molecular weight is 565 g/mol. The summed E-state index contributed by atoms with van der Waals surface area (Å²) in [6.07, 6.45) is 4.15. The van der Waals surface area contributed by atoms with Gasteiger partial charge in [-0.05, 0) is 48.9 Å². The first-order valence-electron chi connectivity index (χ1n) is 14.0. The molecule has 1 aromatic heterocycles. The molecule has 0 radical (unpaired) electrons. The Kier molecular flexibility index (Phi) is 9.98. The van der Waals surface area contributed by atoms with Crippen molar-refractivity contribution in [1.82, 2.24) is 14.9 Å². The molecule has 0 spiro atoms. The highest BCUT2D eigenvalue weighted by Crippen LogP contribution is 2.29. The molecule has 9 heteroatoms. The molecule has 2 heterocycles. The number of aromatic nitrogens is 2. The minimum absolute atomic E-state index is 0.116. The van der Waals surface area contributed by atoms with Crippen molar-refractivity contribution in [2.24, 2.45) is 5.92 Å². The molecule has 40 heavy (non-hydrogen) atoms. The zero-order valence-electron chi connectivity index (χ0n) is 23.4. The molecule has 8 nitrogen and oxygen atoms in total. The van der Waals surface area contributed by atoms with Gasteiger partial charge in [-0.3, -0.25) is 14.5 Å². The maximum atomic E-state index is 13.9. The summed E-state index contributed by atoms with van der Waals surface area (Å²) in [5.74, 6) is -0.379. The van der Waals surface area contributed by atoms with Gasteiger partial charge in [0.2, 0.25) is 0 Å². The van der Waals surface area contributed by atoms with E-state index in [1.54, 1.807) is 29.2 Å². The van der Waals surface area contributed by atoms with Gasteiger partial charge in [0.1, 0.15) is 18.5 Å². The Hall–Kier alpha value is -3.65. The van der Waals surface area contributed by atoms with Crippen molar-refractivity contribution in [2.45, 2.75) is 72.1 Å². The molecule has 3 aromatic rings. The Labute approximate surface area is 240 Å². The number of halogens is 1. The molecule has 0 bridgehead atoms. The van der Waals surface area contributed by atoms with Crippen molar-refractivity contribution < 1.29 is 19.1 Å². The van der Waals surface area contributed by atoms with Crippen molar-refractivity contribution in [2.75, 3.05) is 11.4 Å². The van der Waals surface area contributed by atoms with Crippen molar-refractivity contribution >= 4 is 35.2 Å². The summed E-state index contributed by atoms with van der Waals surface area (Å²) < 4.78 is 7.46. The summed E-state index contributed by atoms with van der Waals surface area (Å²) in [7, 11) is 0. The summed E-state index contributed by atoms with van der Waals surface area (Å²) in [4.78, 5) is 47.2. The predicted octanol–water partition coefficient (Wildman–Crippen LogP) is 5.82. The maximum Gasteiger partial charge on any atom is 0.329 e. The molecule has 2 aromatic carbocycles. The van der Waals surface area contributed by atoms with E-state index in [0.717, 1.165) is 37.1 Å². The molecule has 0 unspecified atom stereocenters. The lowest BCUT2D eigenvalue weighted by atomic mass is 10.0. The third-order valence-corrected chi connectivity index (χ3v) is 7.25. The second-order valence-electron chi connectivity index (χ2n) is 10.4. The van der Waals surface area contributed by atoms with Gasteiger partial charge in [-0.1, -0.05) is 75.2 Å². The average Bonchev–Trinajstić information content (AvgIpc) is 3.34. The van der Waals surface area contributed by atoms with Gasteiger partial charge in [-0.25, -0.2) is 9.78 Å². The third kappa shape index (κ3) is 6.91. The number of anilines is 1. The molecule has 2 amide bonds. The largest absolute Gasteiger partial charge is 0.459 e. The zero-order valence-corrected chi connectivity index (χ0v) is 24.1. The lowest BCUT2D eigenvalue weighted by molar-refractivity contribution is -0.148. The Morgan fingerprint density at radius 1 is 1.10 bits per heavy atom. The molecule has 1 N–H and O–H groups in total. The van der Waals surface area contributed by atoms with Gasteiger partial charge in [0.25, 0.3) is 11.8 Å². The van der Waals surface area contributed by atoms with E-state index < -0.39 is 17.9 Å². The van der Waals surface area contributed by atoms with Crippen LogP contribution in [0.3, 0.4) is 0 Å². The monoisotopic (exact) mass is 564 g/mol. The second kappa shape index (κ2) is 13.6. The fourth-order valence-electron chi connectivity index (χ4n) is 4.81. The minimum atomic E-state index is -0.869. The Morgan fingerprint density at radius 3 is 2.58 bits per heavy atom. The Morgan fingerprint density at radius 2 is 1.88 bits per heavy atom. The number of hydrogen-bond donors (Lipinski definition) is 1. The van der Waals surface area contributed by atoms with E-state index in [1.165, 1.54) is 0 Å². The quantitative estimate of drug-likeness (QED) is 0.296. The van der Waals surface area contributed by atoms with Gasteiger partial charge in [0, 0.05) is 30.1 Å². The van der Waals surface area contributed by atoms with Crippen LogP contribution >= 0.6 is 11.6 Å². The number of imidazole rings is 1. The zero-order chi connectivity index (χ0) is 28.6. The highest BCUT2D eigenvalue weighted by Gasteiger charge is 2.34. The van der Waals surface area contributed by atoms with Crippen molar-refractivity contribution in [3.05, 3.63) is 82.3 Å². The van der Waals surface area contributed by atoms with Crippen LogP contribution in [0, 0.1) is 5.92 Å². The summed E-state index contributed by atoms with van der Waals surface area (Å²) in [6, 6.07) is 15.3. The van der Waals surface area contributed by atoms with Crippen LogP contribution in [-0.2, 0) is 29.1 Å². The third-order valence-electron chi connectivity index (χ3n) is 7.01. The molecule has 1 atom stereocenters. The first kappa shape index (κ1) is 29.3. The molecule has 1 aliphatic rings. The van der Waals surface area contributed by atoms with Crippen LogP contribution in [0.15, 0.2) is 54.6 Å². The van der Waals surface area contributed by atoms with E-state index in [-0.39, 0.29) is 18.4 Å². The molecule has 212 valence electrons. The number of ether oxygens (including phenoxy) is 1. The number of carbonyl (C=O) groups excluding carboxylic acids is 3. The minimum Gasteiger partial charge on any atom is -0.459 e. The van der Waals surface area contributed by atoms with Crippen molar-refractivity contribution in [1.29, 1.82) is 0 Å². The number of unbranched alkanes of at least 4 members (excludes halogenated alkanes) is 1. The topological polar surface area (TPSA) is 93.5 Å². The number of rotatable bonds is 11. The van der Waals surface area contributed by atoms with Crippen molar-refractivity contribution in [3.63, 3.8) is 0 Å². The second-order valence-corrected chi connectivity index (χ2v) is 10.9. The van der Waals surface area contributed by atoms with Crippen LogP contribution in [0.25, 0.3) is 0 Å². The van der Waals surface area contributed by atoms with Crippen molar-refractivity contribution in [3.8, 4) is 0 Å². The predicted molar refractivity (Wildman–Crippen MR) is 156 cm³/mol. The lowest BCUT2D eigenvalue weighted by Gasteiger charge is -2.25. The van der Waals surface area contributed by atoms with Crippen LogP contribution in [0.4, 0.5) is 5.82 Å². The smallest absolute Gasteiger partial charge is 0.329 e. The van der Waals surface area contributed by atoms with E-state index in [9.17, 15) is 14.4 Å². The number of nitrogens with zero attached hydrogens (tertiary/aromatic N) is 3. The summed E-state index contributed by atoms with van der Waals surface area (Å²) >= 11 is 6.19. The number of carbonyl (C=O) groups is 3. The van der Waals surface area contributed by atoms with Crippen LogP contribution < -0.4 is 10.2 Å². The van der Waals surface area contributed by atoms with Crippen LogP contribution in [0.5, 0.6) is 0 Å². The number of fused-ring (bicyclic) bond motifs is 1. The molecule has 0 fully saturated rings. The first-order chi connectivity index (χ1) is 19.3. The number of aryl methyl sites for hydroxylation is 1. The van der Waals surface area contributed by atoms with Crippen LogP contribution in [0.2, 0.25) is 5.02 Å². The molecule has 1 aliphatic heterocycles. The van der Waals surface area contributed by atoms with E-state index in [4.69, 9.17) is 21.3 Å². The first-order valence-corrected chi connectivity index (χ1v) is 14.4. The summed E-state index contributed by atoms with van der Waals surface area (Å²) in [5, 5.41) is 3.37. The summed E-state index contributed by atoms with van der Waals surface area (Å²) in [5.41, 5.74) is 1.58. The SMILES string of the molecule is CCCCN(C(=O)c1cccc(Cl)c1)c1nc2n(c1C(=O)N[C@H](C(=O)OCc1ccccc1)C(C)C)CCCC2. The normalized spacial score (nSPS) is 13.4. The van der Waals surface area contributed by atoms with Gasteiger partial charge in [-0.2, -0.15) is 0 Å². The van der Waals surface area contributed by atoms with Gasteiger partial charge in [0.15, 0.2) is 11.5 Å². The molecular weight excluding hydrogens is 528 g/mol. The van der Waals surface area contributed by atoms with E-state index in [0.29, 0.717) is 41.6 Å². The molecule has 0 saturated heterocycles. The fourth-order valence-corrected chi connectivity index (χ4v) is 5.00. The van der Waals surface area contributed by atoms with Gasteiger partial charge in [-0.15, -0.1) is 0 Å². The number of hydrogen-bond acceptors (Lipinski definition) is 5. The number of nitrogens with one attached hydrogen (secondary N) is 1. The van der Waals surface area contributed by atoms with Gasteiger partial charge >= 0.3 is 5.97 Å². The van der Waals surface area contributed by atoms with Crippen LogP contribution in [-0.4, -0.2) is 39.9 Å². The molecule has 0 saturated carbocycles. The highest BCUT2D eigenvalue weighted by atomic mass is 35.5. The number of esters is 1. The summed E-state index contributed by atoms with van der Waals surface area (Å²) in [6.45, 7) is 6.89. The number of amides is 2. The standard InChI is InChI=1S/C31H37ClN4O4/c1-4-5-17-36(30(38)23-14-11-15-24(32)19-23)28-27(35-18-10-9-16-25(35)33-28)29(37)34-26(21(2)3)31(39)40-20-22-12-7-6-8-13-22/h6-8,11-15,19,21,26H,4-5,9-10,16-18,20H2,1-3H3,(H,34,37)/t26-/m0/s1. The number of benzene rings is 2. The van der Waals surface area contributed by atoms with E-state index >= 15 is 0 Å². The van der Waals surface area contributed by atoms with Crippen LogP contribution in [0.1, 0.15) is 78.7 Å². The van der Waals surface area contributed by atoms with E-state index in [2.05, 4.69) is 5.32 Å². The van der Waals surface area contributed by atoms with Gasteiger partial charge in [0.05, 0.1) is 0 Å². The molecule has 4 rings (SSSR count). The Bertz CT molecular complexity index is 1340. The van der Waals surface area contributed by atoms with Gasteiger partial charge < -0.3 is 14.6 Å². The molecular formula is C31H37ClN4O4. The fraction of sp³-hybridized carbons (Fsp3) is 0.419. The lowest BCUT2D eigenvalue weighted by Crippen LogP contribution is -2.46. The molecule has 0 aliphatic carbocycles. The maximum absolute atomic E-state index is 13.9. The highest BCUT2D eigenvalue weighted by molar-refractivity contribution is 6.31. The van der Waals surface area contributed by atoms with E-state index in [1.807, 2.05) is 55.7 Å². The Balaban J connectivity index is 1.65.